The van der Waals surface area contributed by atoms with Gasteiger partial charge in [-0.3, -0.25) is 4.72 Å². The summed E-state index contributed by atoms with van der Waals surface area (Å²) < 4.78 is 53.4. The molecule has 0 spiro atoms. The smallest absolute Gasteiger partial charge is 0.265 e. The fourth-order valence-corrected chi connectivity index (χ4v) is 4.05. The summed E-state index contributed by atoms with van der Waals surface area (Å²) in [6, 6.07) is 7.87. The highest BCUT2D eigenvalue weighted by atomic mass is 79.9. The molecule has 0 heterocycles. The van der Waals surface area contributed by atoms with E-state index < -0.39 is 26.6 Å². The minimum atomic E-state index is -4.22. The van der Waals surface area contributed by atoms with Crippen LogP contribution in [-0.2, 0) is 16.6 Å². The van der Waals surface area contributed by atoms with Crippen LogP contribution in [-0.4, -0.2) is 8.42 Å². The predicted molar refractivity (Wildman–Crippen MR) is 79.2 cm³/mol. The number of anilines is 1. The molecule has 4 nitrogen and oxygen atoms in total. The Hall–Kier alpha value is -1.51. The molecule has 0 aliphatic rings. The maximum absolute atomic E-state index is 13.8. The molecule has 0 fully saturated rings. The van der Waals surface area contributed by atoms with Gasteiger partial charge in [-0.15, -0.1) is 0 Å². The molecule has 2 rings (SSSR count). The molecule has 0 amide bonds. The van der Waals surface area contributed by atoms with Crippen molar-refractivity contribution in [3.8, 4) is 0 Å². The molecule has 0 atom stereocenters. The molecule has 21 heavy (non-hydrogen) atoms. The van der Waals surface area contributed by atoms with Crippen LogP contribution in [0.2, 0.25) is 0 Å². The minimum absolute atomic E-state index is 0.117. The number of benzene rings is 2. The molecule has 0 bridgehead atoms. The summed E-state index contributed by atoms with van der Waals surface area (Å²) in [7, 11) is -4.22. The zero-order chi connectivity index (χ0) is 15.6. The van der Waals surface area contributed by atoms with E-state index in [-0.39, 0.29) is 16.7 Å². The molecule has 0 aliphatic heterocycles. The van der Waals surface area contributed by atoms with E-state index in [0.717, 1.165) is 6.07 Å². The first-order chi connectivity index (χ1) is 9.85. The topological polar surface area (TPSA) is 72.2 Å². The van der Waals surface area contributed by atoms with Crippen molar-refractivity contribution in [2.75, 3.05) is 4.72 Å². The van der Waals surface area contributed by atoms with Gasteiger partial charge in [-0.2, -0.15) is 0 Å². The molecular weight excluding hydrogens is 366 g/mol. The van der Waals surface area contributed by atoms with Crippen molar-refractivity contribution in [2.45, 2.75) is 11.4 Å². The third-order valence-corrected chi connectivity index (χ3v) is 5.04. The Morgan fingerprint density at radius 1 is 1.19 bits per heavy atom. The Morgan fingerprint density at radius 2 is 1.86 bits per heavy atom. The molecule has 2 aromatic carbocycles. The number of rotatable bonds is 4. The first-order valence-electron chi connectivity index (χ1n) is 5.80. The number of hydrogen-bond donors (Lipinski definition) is 2. The maximum Gasteiger partial charge on any atom is 0.265 e. The van der Waals surface area contributed by atoms with Gasteiger partial charge in [0.1, 0.15) is 16.5 Å². The standard InChI is InChI=1S/C13H11BrF2N2O2S/c14-10-5-9(15)6-11(16)13(10)21(19,20)18-12-4-2-1-3-8(12)7-17/h1-6,18H,7,17H2. The normalized spacial score (nSPS) is 11.4. The van der Waals surface area contributed by atoms with Crippen molar-refractivity contribution in [1.82, 2.24) is 0 Å². The molecule has 2 aromatic rings. The van der Waals surface area contributed by atoms with Gasteiger partial charge in [-0.1, -0.05) is 18.2 Å². The predicted octanol–water partition coefficient (Wildman–Crippen LogP) is 2.99. The van der Waals surface area contributed by atoms with E-state index in [0.29, 0.717) is 11.6 Å². The molecule has 112 valence electrons. The number of para-hydroxylation sites is 1. The number of nitrogens with one attached hydrogen (secondary N) is 1. The fourth-order valence-electron chi connectivity index (χ4n) is 1.78. The Bertz CT molecular complexity index is 758. The summed E-state index contributed by atoms with van der Waals surface area (Å²) in [5, 5.41) is 0. The van der Waals surface area contributed by atoms with Gasteiger partial charge in [0.15, 0.2) is 0 Å². The van der Waals surface area contributed by atoms with E-state index >= 15 is 0 Å². The zero-order valence-corrected chi connectivity index (χ0v) is 13.0. The van der Waals surface area contributed by atoms with Crippen molar-refractivity contribution in [2.24, 2.45) is 5.73 Å². The second-order valence-corrected chi connectivity index (χ2v) is 6.64. The Labute approximate surface area is 129 Å². The van der Waals surface area contributed by atoms with Gasteiger partial charge in [-0.05, 0) is 33.6 Å². The summed E-state index contributed by atoms with van der Waals surface area (Å²) in [4.78, 5) is -0.657. The number of sulfonamides is 1. The van der Waals surface area contributed by atoms with Crippen LogP contribution in [0.4, 0.5) is 14.5 Å². The fraction of sp³-hybridized carbons (Fsp3) is 0.0769. The van der Waals surface area contributed by atoms with Crippen molar-refractivity contribution in [3.05, 3.63) is 58.1 Å². The van der Waals surface area contributed by atoms with Gasteiger partial charge in [-0.25, -0.2) is 17.2 Å². The van der Waals surface area contributed by atoms with Gasteiger partial charge in [0.2, 0.25) is 0 Å². The molecule has 0 saturated carbocycles. The summed E-state index contributed by atoms with van der Waals surface area (Å²) >= 11 is 2.86. The summed E-state index contributed by atoms with van der Waals surface area (Å²) in [6.07, 6.45) is 0. The molecule has 0 unspecified atom stereocenters. The maximum atomic E-state index is 13.8. The van der Waals surface area contributed by atoms with Gasteiger partial charge >= 0.3 is 0 Å². The summed E-state index contributed by atoms with van der Waals surface area (Å²) in [5.74, 6) is -2.06. The lowest BCUT2D eigenvalue weighted by atomic mass is 10.2. The van der Waals surface area contributed by atoms with Crippen molar-refractivity contribution < 1.29 is 17.2 Å². The average Bonchev–Trinajstić information content (AvgIpc) is 2.37. The second-order valence-electron chi connectivity index (χ2n) is 4.17. The number of halogens is 3. The first-order valence-corrected chi connectivity index (χ1v) is 8.08. The van der Waals surface area contributed by atoms with Crippen LogP contribution < -0.4 is 10.5 Å². The third-order valence-electron chi connectivity index (χ3n) is 2.71. The SMILES string of the molecule is NCc1ccccc1NS(=O)(=O)c1c(F)cc(F)cc1Br. The second kappa shape index (κ2) is 6.08. The van der Waals surface area contributed by atoms with E-state index in [1.807, 2.05) is 0 Å². The van der Waals surface area contributed by atoms with E-state index in [4.69, 9.17) is 5.73 Å². The monoisotopic (exact) mass is 376 g/mol. The molecule has 0 saturated heterocycles. The third kappa shape index (κ3) is 3.39. The lowest BCUT2D eigenvalue weighted by Gasteiger charge is -2.13. The Balaban J connectivity index is 2.49. The van der Waals surface area contributed by atoms with E-state index in [2.05, 4.69) is 20.7 Å². The van der Waals surface area contributed by atoms with Crippen LogP contribution in [0.15, 0.2) is 45.8 Å². The molecule has 8 heteroatoms. The van der Waals surface area contributed by atoms with Crippen LogP contribution in [0, 0.1) is 11.6 Å². The number of nitrogens with two attached hydrogens (primary N) is 1. The molecular formula is C13H11BrF2N2O2S. The minimum Gasteiger partial charge on any atom is -0.326 e. The molecule has 0 radical (unpaired) electrons. The number of hydrogen-bond acceptors (Lipinski definition) is 3. The van der Waals surface area contributed by atoms with Crippen LogP contribution in [0.25, 0.3) is 0 Å². The first kappa shape index (κ1) is 15.9. The largest absolute Gasteiger partial charge is 0.326 e. The Morgan fingerprint density at radius 3 is 2.48 bits per heavy atom. The molecule has 0 aromatic heterocycles. The van der Waals surface area contributed by atoms with Gasteiger partial charge in [0.25, 0.3) is 10.0 Å². The van der Waals surface area contributed by atoms with Crippen molar-refractivity contribution in [1.29, 1.82) is 0 Å². The van der Waals surface area contributed by atoms with E-state index in [1.54, 1.807) is 18.2 Å². The molecule has 3 N–H and O–H groups in total. The van der Waals surface area contributed by atoms with Crippen LogP contribution >= 0.6 is 15.9 Å². The van der Waals surface area contributed by atoms with Crippen molar-refractivity contribution >= 4 is 31.6 Å². The highest BCUT2D eigenvalue weighted by molar-refractivity contribution is 9.10. The van der Waals surface area contributed by atoms with Gasteiger partial charge in [0, 0.05) is 17.1 Å². The van der Waals surface area contributed by atoms with Gasteiger partial charge in [0.05, 0.1) is 5.69 Å². The molecule has 0 aliphatic carbocycles. The quantitative estimate of drug-likeness (QED) is 0.861. The average molecular weight is 377 g/mol. The van der Waals surface area contributed by atoms with E-state index in [1.165, 1.54) is 6.07 Å². The van der Waals surface area contributed by atoms with Crippen LogP contribution in [0.3, 0.4) is 0 Å². The summed E-state index contributed by atoms with van der Waals surface area (Å²) in [5.41, 5.74) is 6.32. The summed E-state index contributed by atoms with van der Waals surface area (Å²) in [6.45, 7) is 0.117. The van der Waals surface area contributed by atoms with Gasteiger partial charge < -0.3 is 5.73 Å². The Kier molecular flexibility index (Phi) is 4.60. The van der Waals surface area contributed by atoms with Crippen LogP contribution in [0.1, 0.15) is 5.56 Å². The highest BCUT2D eigenvalue weighted by Gasteiger charge is 2.24. The lowest BCUT2D eigenvalue weighted by molar-refractivity contribution is 0.548. The van der Waals surface area contributed by atoms with E-state index in [9.17, 15) is 17.2 Å². The van der Waals surface area contributed by atoms with Crippen molar-refractivity contribution in [3.63, 3.8) is 0 Å². The van der Waals surface area contributed by atoms with Crippen LogP contribution in [0.5, 0.6) is 0 Å². The lowest BCUT2D eigenvalue weighted by Crippen LogP contribution is -2.17. The highest BCUT2D eigenvalue weighted by Crippen LogP contribution is 2.28. The zero-order valence-electron chi connectivity index (χ0n) is 10.6.